The van der Waals surface area contributed by atoms with Gasteiger partial charge in [0.1, 0.15) is 0 Å². The van der Waals surface area contributed by atoms with E-state index in [0.29, 0.717) is 11.8 Å². The zero-order valence-corrected chi connectivity index (χ0v) is 13.6. The fourth-order valence-electron chi connectivity index (χ4n) is 3.19. The maximum absolute atomic E-state index is 11.5. The lowest BCUT2D eigenvalue weighted by Gasteiger charge is -2.16. The molecule has 0 heterocycles. The molecule has 3 atom stereocenters. The van der Waals surface area contributed by atoms with Gasteiger partial charge in [-0.15, -0.1) is 0 Å². The van der Waals surface area contributed by atoms with Crippen molar-refractivity contribution in [1.29, 1.82) is 0 Å². The van der Waals surface area contributed by atoms with Crippen molar-refractivity contribution in [3.05, 3.63) is 35.4 Å². The number of ether oxygens (including phenoxy) is 1. The number of rotatable bonds is 8. The van der Waals surface area contributed by atoms with Crippen LogP contribution in [0.4, 0.5) is 0 Å². The fourth-order valence-corrected chi connectivity index (χ4v) is 3.19. The van der Waals surface area contributed by atoms with Gasteiger partial charge in [0.2, 0.25) is 0 Å². The van der Waals surface area contributed by atoms with Crippen LogP contribution in [0, 0.1) is 11.8 Å². The predicted molar refractivity (Wildman–Crippen MR) is 86.3 cm³/mol. The Bertz CT molecular complexity index is 449. The number of carbonyl (C=O) groups excluding carboxylic acids is 1. The molecule has 0 aromatic heterocycles. The maximum Gasteiger partial charge on any atom is 0.308 e. The van der Waals surface area contributed by atoms with Crippen LogP contribution in [-0.4, -0.2) is 13.1 Å². The van der Waals surface area contributed by atoms with Gasteiger partial charge in [-0.25, -0.2) is 0 Å². The first-order valence-electron chi connectivity index (χ1n) is 8.36. The van der Waals surface area contributed by atoms with Crippen LogP contribution in [0.1, 0.15) is 63.0 Å². The van der Waals surface area contributed by atoms with Gasteiger partial charge in [0.25, 0.3) is 0 Å². The van der Waals surface area contributed by atoms with Crippen LogP contribution in [0.15, 0.2) is 24.3 Å². The molecular weight excluding hydrogens is 260 g/mol. The molecule has 1 aliphatic carbocycles. The minimum Gasteiger partial charge on any atom is -0.469 e. The Labute approximate surface area is 128 Å². The minimum atomic E-state index is -0.0234. The van der Waals surface area contributed by atoms with E-state index in [1.807, 2.05) is 0 Å². The first kappa shape index (κ1) is 16.1. The molecule has 1 fully saturated rings. The SMILES string of the molecule is CCCCc1ccc(C(CC)CC2CC2C(=O)OC)cc1. The van der Waals surface area contributed by atoms with E-state index in [-0.39, 0.29) is 11.9 Å². The molecule has 1 aromatic rings. The molecule has 1 aliphatic rings. The third-order valence-corrected chi connectivity index (χ3v) is 4.78. The second-order valence-electron chi connectivity index (χ2n) is 6.31. The van der Waals surface area contributed by atoms with Crippen molar-refractivity contribution in [2.75, 3.05) is 7.11 Å². The van der Waals surface area contributed by atoms with E-state index >= 15 is 0 Å². The largest absolute Gasteiger partial charge is 0.469 e. The van der Waals surface area contributed by atoms with Gasteiger partial charge in [0, 0.05) is 0 Å². The van der Waals surface area contributed by atoms with Gasteiger partial charge >= 0.3 is 5.97 Å². The third kappa shape index (κ3) is 4.33. The van der Waals surface area contributed by atoms with Gasteiger partial charge in [-0.2, -0.15) is 0 Å². The van der Waals surface area contributed by atoms with Crippen LogP contribution < -0.4 is 0 Å². The summed E-state index contributed by atoms with van der Waals surface area (Å²) in [5.41, 5.74) is 2.86. The van der Waals surface area contributed by atoms with Crippen molar-refractivity contribution in [2.45, 2.75) is 58.3 Å². The highest BCUT2D eigenvalue weighted by molar-refractivity contribution is 5.75. The summed E-state index contributed by atoms with van der Waals surface area (Å²) in [7, 11) is 1.49. The van der Waals surface area contributed by atoms with Gasteiger partial charge in [-0.1, -0.05) is 44.5 Å². The van der Waals surface area contributed by atoms with E-state index < -0.39 is 0 Å². The molecule has 21 heavy (non-hydrogen) atoms. The summed E-state index contributed by atoms with van der Waals surface area (Å²) in [5.74, 6) is 1.24. The Hall–Kier alpha value is -1.31. The quantitative estimate of drug-likeness (QED) is 0.647. The molecule has 0 bridgehead atoms. The van der Waals surface area contributed by atoms with Crippen LogP contribution in [0.25, 0.3) is 0 Å². The molecule has 0 aliphatic heterocycles. The Balaban J connectivity index is 1.90. The van der Waals surface area contributed by atoms with Gasteiger partial charge in [0.05, 0.1) is 13.0 Å². The van der Waals surface area contributed by atoms with Crippen LogP contribution in [0.3, 0.4) is 0 Å². The number of methoxy groups -OCH3 is 1. The Morgan fingerprint density at radius 1 is 1.29 bits per heavy atom. The zero-order valence-electron chi connectivity index (χ0n) is 13.6. The summed E-state index contributed by atoms with van der Waals surface area (Å²) >= 11 is 0. The van der Waals surface area contributed by atoms with Gasteiger partial charge < -0.3 is 4.74 Å². The number of unbranched alkanes of at least 4 members (excludes halogenated alkanes) is 1. The predicted octanol–water partition coefficient (Wildman–Crippen LogP) is 4.72. The number of aryl methyl sites for hydroxylation is 1. The second-order valence-corrected chi connectivity index (χ2v) is 6.31. The number of hydrogen-bond donors (Lipinski definition) is 0. The normalized spacial score (nSPS) is 21.9. The molecule has 1 saturated carbocycles. The topological polar surface area (TPSA) is 26.3 Å². The average molecular weight is 288 g/mol. The molecule has 0 saturated heterocycles. The third-order valence-electron chi connectivity index (χ3n) is 4.78. The average Bonchev–Trinajstić information content (AvgIpc) is 3.29. The molecule has 1 aromatic carbocycles. The second kappa shape index (κ2) is 7.63. The molecule has 0 spiro atoms. The molecule has 2 nitrogen and oxygen atoms in total. The Morgan fingerprint density at radius 3 is 2.57 bits per heavy atom. The van der Waals surface area contributed by atoms with Crippen LogP contribution >= 0.6 is 0 Å². The fraction of sp³-hybridized carbons (Fsp3) is 0.632. The molecule has 0 radical (unpaired) electrons. The highest BCUT2D eigenvalue weighted by atomic mass is 16.5. The molecule has 116 valence electrons. The van der Waals surface area contributed by atoms with Crippen LogP contribution in [-0.2, 0) is 16.0 Å². The highest BCUT2D eigenvalue weighted by Gasteiger charge is 2.44. The summed E-state index contributed by atoms with van der Waals surface area (Å²) in [6.07, 6.45) is 6.96. The summed E-state index contributed by atoms with van der Waals surface area (Å²) in [4.78, 5) is 11.5. The van der Waals surface area contributed by atoms with Gasteiger partial charge in [0.15, 0.2) is 0 Å². The highest BCUT2D eigenvalue weighted by Crippen LogP contribution is 2.46. The van der Waals surface area contributed by atoms with E-state index in [1.165, 1.54) is 37.5 Å². The van der Waals surface area contributed by atoms with Crippen molar-refractivity contribution in [1.82, 2.24) is 0 Å². The number of carbonyl (C=O) groups is 1. The minimum absolute atomic E-state index is 0.0234. The molecule has 2 heteroatoms. The molecule has 0 amide bonds. The van der Waals surface area contributed by atoms with E-state index in [2.05, 4.69) is 38.1 Å². The summed E-state index contributed by atoms with van der Waals surface area (Å²) < 4.78 is 4.84. The Kier molecular flexibility index (Phi) is 5.84. The summed E-state index contributed by atoms with van der Waals surface area (Å²) in [6, 6.07) is 9.13. The molecule has 3 unspecified atom stereocenters. The zero-order chi connectivity index (χ0) is 15.2. The number of hydrogen-bond acceptors (Lipinski definition) is 2. The number of esters is 1. The maximum atomic E-state index is 11.5. The van der Waals surface area contributed by atoms with Gasteiger partial charge in [-0.3, -0.25) is 4.79 Å². The van der Waals surface area contributed by atoms with E-state index in [1.54, 1.807) is 0 Å². The molecule has 0 N–H and O–H groups in total. The summed E-state index contributed by atoms with van der Waals surface area (Å²) in [5, 5.41) is 0. The first-order chi connectivity index (χ1) is 10.2. The van der Waals surface area contributed by atoms with Crippen LogP contribution in [0.2, 0.25) is 0 Å². The monoisotopic (exact) mass is 288 g/mol. The van der Waals surface area contributed by atoms with Crippen molar-refractivity contribution in [3.63, 3.8) is 0 Å². The van der Waals surface area contributed by atoms with Gasteiger partial charge in [-0.05, 0) is 55.1 Å². The standard InChI is InChI=1S/C19H28O2/c1-4-6-7-14-8-10-16(11-9-14)15(5-2)12-17-13-18(17)19(20)21-3/h8-11,15,17-18H,4-7,12-13H2,1-3H3. The first-order valence-corrected chi connectivity index (χ1v) is 8.36. The number of benzene rings is 1. The lowest BCUT2D eigenvalue weighted by Crippen LogP contribution is -2.06. The van der Waals surface area contributed by atoms with Crippen molar-refractivity contribution in [2.24, 2.45) is 11.8 Å². The van der Waals surface area contributed by atoms with Crippen LogP contribution in [0.5, 0.6) is 0 Å². The van der Waals surface area contributed by atoms with E-state index in [9.17, 15) is 4.79 Å². The van der Waals surface area contributed by atoms with E-state index in [0.717, 1.165) is 19.3 Å². The van der Waals surface area contributed by atoms with E-state index in [4.69, 9.17) is 4.74 Å². The summed E-state index contributed by atoms with van der Waals surface area (Å²) in [6.45, 7) is 4.47. The molecular formula is C19H28O2. The van der Waals surface area contributed by atoms with Crippen molar-refractivity contribution < 1.29 is 9.53 Å². The lowest BCUT2D eigenvalue weighted by molar-refractivity contribution is -0.142. The van der Waals surface area contributed by atoms with Crippen molar-refractivity contribution >= 4 is 5.97 Å². The Morgan fingerprint density at radius 2 is 2.00 bits per heavy atom. The smallest absolute Gasteiger partial charge is 0.308 e. The van der Waals surface area contributed by atoms with Crippen molar-refractivity contribution in [3.8, 4) is 0 Å². The lowest BCUT2D eigenvalue weighted by atomic mass is 9.90. The molecule has 2 rings (SSSR count).